The van der Waals surface area contributed by atoms with E-state index in [1.54, 1.807) is 13.8 Å². The van der Waals surface area contributed by atoms with Gasteiger partial charge in [0.2, 0.25) is 0 Å². The fraction of sp³-hybridized carbons (Fsp3) is 0.720. The van der Waals surface area contributed by atoms with Crippen LogP contribution in [0.25, 0.3) is 0 Å². The van der Waals surface area contributed by atoms with Crippen molar-refractivity contribution >= 4 is 29.3 Å². The maximum absolute atomic E-state index is 13.1. The molecule has 5 nitrogen and oxygen atoms in total. The number of thioether (sulfide) groups is 1. The molecule has 1 saturated carbocycles. The molecule has 0 aromatic rings. The summed E-state index contributed by atoms with van der Waals surface area (Å²) >= 11 is 1.21. The first-order valence-corrected chi connectivity index (χ1v) is 12.3. The van der Waals surface area contributed by atoms with E-state index in [1.807, 2.05) is 13.8 Å². The van der Waals surface area contributed by atoms with E-state index in [1.165, 1.54) is 11.8 Å². The zero-order chi connectivity index (χ0) is 23.5. The molecule has 2 rings (SSSR count). The highest BCUT2D eigenvalue weighted by molar-refractivity contribution is 8.04. The Morgan fingerprint density at radius 1 is 1.16 bits per heavy atom. The molecule has 174 valence electrons. The third-order valence-electron chi connectivity index (χ3n) is 6.80. The van der Waals surface area contributed by atoms with Crippen molar-refractivity contribution in [3.63, 3.8) is 0 Å². The molecule has 0 heterocycles. The molecule has 0 amide bonds. The van der Waals surface area contributed by atoms with Crippen LogP contribution in [-0.2, 0) is 19.1 Å². The predicted molar refractivity (Wildman–Crippen MR) is 125 cm³/mol. The average Bonchev–Trinajstić information content (AvgIpc) is 2.67. The normalized spacial score (nSPS) is 25.5. The molecular weight excluding hydrogens is 412 g/mol. The molecule has 2 aliphatic rings. The van der Waals surface area contributed by atoms with Crippen molar-refractivity contribution in [2.75, 3.05) is 12.4 Å². The average molecular weight is 451 g/mol. The summed E-state index contributed by atoms with van der Waals surface area (Å²) in [7, 11) is 0. The molecule has 0 aromatic carbocycles. The predicted octanol–water partition coefficient (Wildman–Crippen LogP) is 4.87. The Kier molecular flexibility index (Phi) is 8.74. The van der Waals surface area contributed by atoms with Crippen molar-refractivity contribution in [1.82, 2.24) is 0 Å². The van der Waals surface area contributed by atoms with Gasteiger partial charge in [-0.2, -0.15) is 0 Å². The van der Waals surface area contributed by atoms with Gasteiger partial charge in [0.25, 0.3) is 0 Å². The van der Waals surface area contributed by atoms with Crippen LogP contribution in [0.1, 0.15) is 74.1 Å². The van der Waals surface area contributed by atoms with Crippen LogP contribution in [0, 0.1) is 23.2 Å². The number of rotatable bonds is 8. The number of allylic oxidation sites excluding steroid dienone is 4. The van der Waals surface area contributed by atoms with Gasteiger partial charge < -0.3 is 9.84 Å². The van der Waals surface area contributed by atoms with E-state index in [0.717, 1.165) is 19.3 Å². The summed E-state index contributed by atoms with van der Waals surface area (Å²) < 4.78 is 5.84. The molecule has 31 heavy (non-hydrogen) atoms. The minimum Gasteiger partial charge on any atom is -0.462 e. The van der Waals surface area contributed by atoms with Gasteiger partial charge in [-0.25, -0.2) is 0 Å². The summed E-state index contributed by atoms with van der Waals surface area (Å²) in [5.41, 5.74) is 0.381. The second-order valence-electron chi connectivity index (χ2n) is 10.1. The minimum atomic E-state index is -0.804. The van der Waals surface area contributed by atoms with E-state index in [9.17, 15) is 14.4 Å². The molecule has 0 saturated heterocycles. The zero-order valence-electron chi connectivity index (χ0n) is 20.0. The van der Waals surface area contributed by atoms with Gasteiger partial charge >= 0.3 is 5.97 Å². The van der Waals surface area contributed by atoms with E-state index >= 15 is 0 Å². The zero-order valence-corrected chi connectivity index (χ0v) is 20.9. The Labute approximate surface area is 191 Å². The maximum Gasteiger partial charge on any atom is 0.306 e. The van der Waals surface area contributed by atoms with Gasteiger partial charge in [-0.3, -0.25) is 14.4 Å². The Bertz CT molecular complexity index is 790. The van der Waals surface area contributed by atoms with Crippen molar-refractivity contribution in [2.24, 2.45) is 23.2 Å². The lowest BCUT2D eigenvalue weighted by Gasteiger charge is -2.37. The molecule has 1 fully saturated rings. The number of esters is 1. The standard InChI is InChI=1S/C25H38O5S/c1-14(2)19-12-18(9-8-15(19)3)30-20(27)13-25(6,7)21-16(4)23(29)24(31-11-10-26)17(5)22(21)28/h14-15,18-19,26H,8-13H2,1-7H3/t15?,18?,19-/m0/s1. The summed E-state index contributed by atoms with van der Waals surface area (Å²) in [6.45, 7) is 13.6. The van der Waals surface area contributed by atoms with Crippen molar-refractivity contribution < 1.29 is 24.2 Å². The molecule has 2 aliphatic carbocycles. The van der Waals surface area contributed by atoms with E-state index in [2.05, 4.69) is 20.8 Å². The largest absolute Gasteiger partial charge is 0.462 e. The highest BCUT2D eigenvalue weighted by atomic mass is 32.2. The third-order valence-corrected chi connectivity index (χ3v) is 7.96. The lowest BCUT2D eigenvalue weighted by atomic mass is 9.72. The molecule has 6 heteroatoms. The molecule has 0 aliphatic heterocycles. The van der Waals surface area contributed by atoms with Crippen LogP contribution in [0.5, 0.6) is 0 Å². The molecule has 0 spiro atoms. The first-order chi connectivity index (χ1) is 14.4. The number of carbonyl (C=O) groups is 3. The van der Waals surface area contributed by atoms with Gasteiger partial charge in [0.05, 0.1) is 17.9 Å². The number of carbonyl (C=O) groups excluding carboxylic acids is 3. The number of ether oxygens (including phenoxy) is 1. The number of aliphatic hydroxyl groups excluding tert-OH is 1. The fourth-order valence-electron chi connectivity index (χ4n) is 5.08. The number of Topliss-reactive ketones (excluding diaryl/α,β-unsaturated/α-hetero) is 2. The minimum absolute atomic E-state index is 0.0590. The van der Waals surface area contributed by atoms with Crippen LogP contribution < -0.4 is 0 Å². The maximum atomic E-state index is 13.1. The topological polar surface area (TPSA) is 80.7 Å². The number of aliphatic hydroxyl groups is 1. The van der Waals surface area contributed by atoms with Gasteiger partial charge in [0.1, 0.15) is 6.10 Å². The smallest absolute Gasteiger partial charge is 0.306 e. The van der Waals surface area contributed by atoms with Crippen LogP contribution >= 0.6 is 11.8 Å². The summed E-state index contributed by atoms with van der Waals surface area (Å²) in [4.78, 5) is 39.2. The Hall–Kier alpha value is -1.40. The van der Waals surface area contributed by atoms with E-state index < -0.39 is 5.41 Å². The highest BCUT2D eigenvalue weighted by Crippen LogP contribution is 2.42. The van der Waals surface area contributed by atoms with E-state index in [4.69, 9.17) is 9.84 Å². The van der Waals surface area contributed by atoms with Gasteiger partial charge in [-0.05, 0) is 50.9 Å². The van der Waals surface area contributed by atoms with Crippen LogP contribution in [-0.4, -0.2) is 41.1 Å². The summed E-state index contributed by atoms with van der Waals surface area (Å²) in [5.74, 6) is 1.41. The van der Waals surface area contributed by atoms with Crippen molar-refractivity contribution in [1.29, 1.82) is 0 Å². The van der Waals surface area contributed by atoms with Crippen LogP contribution in [0.15, 0.2) is 21.6 Å². The molecule has 2 unspecified atom stereocenters. The van der Waals surface area contributed by atoms with Crippen LogP contribution in [0.4, 0.5) is 0 Å². The number of hydrogen-bond donors (Lipinski definition) is 1. The Morgan fingerprint density at radius 2 is 1.81 bits per heavy atom. The molecule has 1 N–H and O–H groups in total. The fourth-order valence-corrected chi connectivity index (χ4v) is 5.97. The summed E-state index contributed by atoms with van der Waals surface area (Å²) in [6.07, 6.45) is 2.80. The molecule has 0 bridgehead atoms. The van der Waals surface area contributed by atoms with Crippen molar-refractivity contribution in [2.45, 2.75) is 80.3 Å². The second-order valence-corrected chi connectivity index (χ2v) is 11.2. The van der Waals surface area contributed by atoms with Crippen molar-refractivity contribution in [3.8, 4) is 0 Å². The van der Waals surface area contributed by atoms with E-state index in [-0.39, 0.29) is 36.7 Å². The van der Waals surface area contributed by atoms with Gasteiger partial charge in [-0.15, -0.1) is 11.8 Å². The molecule has 0 radical (unpaired) electrons. The van der Waals surface area contributed by atoms with E-state index in [0.29, 0.717) is 45.1 Å². The lowest BCUT2D eigenvalue weighted by molar-refractivity contribution is -0.154. The molecule has 0 aromatic heterocycles. The van der Waals surface area contributed by atoms with Crippen molar-refractivity contribution in [3.05, 3.63) is 21.6 Å². The first kappa shape index (κ1) is 25.9. The summed E-state index contributed by atoms with van der Waals surface area (Å²) in [6, 6.07) is 0. The quantitative estimate of drug-likeness (QED) is 0.419. The van der Waals surface area contributed by atoms with Gasteiger partial charge in [0, 0.05) is 27.9 Å². The van der Waals surface area contributed by atoms with Gasteiger partial charge in [0.15, 0.2) is 11.6 Å². The molecular formula is C25H38O5S. The number of ketones is 2. The van der Waals surface area contributed by atoms with Crippen LogP contribution in [0.3, 0.4) is 0 Å². The Morgan fingerprint density at radius 3 is 2.39 bits per heavy atom. The number of hydrogen-bond acceptors (Lipinski definition) is 6. The monoisotopic (exact) mass is 450 g/mol. The lowest BCUT2D eigenvalue weighted by Crippen LogP contribution is -2.35. The SMILES string of the molecule is CC1=C(SCCO)C(=O)C(C)=C(C(C)(C)CC(=O)OC2CCC(C)[C@H](C(C)C)C2)C1=O. The highest BCUT2D eigenvalue weighted by Gasteiger charge is 2.40. The van der Waals surface area contributed by atoms with Crippen LogP contribution in [0.2, 0.25) is 0 Å². The second kappa shape index (κ2) is 10.5. The third kappa shape index (κ3) is 5.89. The van der Waals surface area contributed by atoms with Gasteiger partial charge in [-0.1, -0.05) is 34.6 Å². The Balaban J connectivity index is 2.13. The first-order valence-electron chi connectivity index (χ1n) is 11.4. The summed E-state index contributed by atoms with van der Waals surface area (Å²) in [5, 5.41) is 9.07. The molecule has 3 atom stereocenters.